The molecule has 1 unspecified atom stereocenters. The smallest absolute Gasteiger partial charge is 0.339 e. The van der Waals surface area contributed by atoms with Crippen LogP contribution in [0.25, 0.3) is 0 Å². The molecule has 0 radical (unpaired) electrons. The molecule has 1 aromatic heterocycles. The second-order valence-electron chi connectivity index (χ2n) is 7.11. The number of aromatic nitrogens is 1. The quantitative estimate of drug-likeness (QED) is 0.363. The van der Waals surface area contributed by atoms with Gasteiger partial charge >= 0.3 is 5.97 Å². The van der Waals surface area contributed by atoms with Gasteiger partial charge in [-0.3, -0.25) is 9.78 Å². The predicted molar refractivity (Wildman–Crippen MR) is 124 cm³/mol. The molecular formula is C24H21IN2O3. The molecule has 0 N–H and O–H groups in total. The highest BCUT2D eigenvalue weighted by Gasteiger charge is 2.33. The molecule has 3 aromatic rings. The zero-order valence-electron chi connectivity index (χ0n) is 16.5. The first-order chi connectivity index (χ1) is 14.6. The molecule has 0 saturated carbocycles. The van der Waals surface area contributed by atoms with E-state index in [0.29, 0.717) is 30.7 Å². The van der Waals surface area contributed by atoms with Crippen LogP contribution in [-0.2, 0) is 11.2 Å². The highest BCUT2D eigenvalue weighted by Crippen LogP contribution is 2.39. The fourth-order valence-corrected chi connectivity index (χ4v) is 4.47. The van der Waals surface area contributed by atoms with Crippen molar-refractivity contribution in [3.05, 3.63) is 92.8 Å². The van der Waals surface area contributed by atoms with Gasteiger partial charge in [0.05, 0.1) is 17.9 Å². The Morgan fingerprint density at radius 3 is 2.57 bits per heavy atom. The number of anilines is 1. The fourth-order valence-electron chi connectivity index (χ4n) is 3.77. The van der Waals surface area contributed by atoms with Crippen LogP contribution >= 0.6 is 22.6 Å². The van der Waals surface area contributed by atoms with Gasteiger partial charge < -0.3 is 9.64 Å². The minimum Gasteiger partial charge on any atom is -0.462 e. The second-order valence-corrected chi connectivity index (χ2v) is 8.28. The van der Waals surface area contributed by atoms with E-state index in [4.69, 9.17) is 4.74 Å². The van der Waals surface area contributed by atoms with E-state index in [1.54, 1.807) is 13.1 Å². The summed E-state index contributed by atoms with van der Waals surface area (Å²) in [6, 6.07) is 19.2. The lowest BCUT2D eigenvalue weighted by Gasteiger charge is -2.18. The van der Waals surface area contributed by atoms with E-state index in [0.717, 1.165) is 20.5 Å². The number of fused-ring (bicyclic) bond motifs is 1. The average molecular weight is 512 g/mol. The van der Waals surface area contributed by atoms with E-state index in [9.17, 15) is 9.59 Å². The highest BCUT2D eigenvalue weighted by atomic mass is 127. The SMILES string of the molecule is CCOC(=O)c1cnc(CC2CN(C(=O)c3ccccc3)c3ccccc32)c(I)c1. The minimum absolute atomic E-state index is 0.00543. The van der Waals surface area contributed by atoms with E-state index >= 15 is 0 Å². The van der Waals surface area contributed by atoms with Crippen molar-refractivity contribution in [2.45, 2.75) is 19.3 Å². The summed E-state index contributed by atoms with van der Waals surface area (Å²) in [5.74, 6) is -0.213. The third-order valence-electron chi connectivity index (χ3n) is 5.20. The van der Waals surface area contributed by atoms with Crippen molar-refractivity contribution < 1.29 is 14.3 Å². The van der Waals surface area contributed by atoms with Crippen LogP contribution in [0.15, 0.2) is 66.9 Å². The molecular weight excluding hydrogens is 491 g/mol. The maximum atomic E-state index is 13.1. The van der Waals surface area contributed by atoms with Crippen LogP contribution in [0.2, 0.25) is 0 Å². The van der Waals surface area contributed by atoms with Crippen molar-refractivity contribution in [2.24, 2.45) is 0 Å². The number of pyridine rings is 1. The molecule has 1 aliphatic heterocycles. The van der Waals surface area contributed by atoms with Gasteiger partial charge in [-0.2, -0.15) is 0 Å². The van der Waals surface area contributed by atoms with Crippen molar-refractivity contribution in [3.8, 4) is 0 Å². The van der Waals surface area contributed by atoms with Gasteiger partial charge in [0.2, 0.25) is 0 Å². The van der Waals surface area contributed by atoms with Gasteiger partial charge in [-0.25, -0.2) is 4.79 Å². The third kappa shape index (κ3) is 4.09. The molecule has 0 saturated heterocycles. The lowest BCUT2D eigenvalue weighted by molar-refractivity contribution is 0.0525. The molecule has 6 heteroatoms. The summed E-state index contributed by atoms with van der Waals surface area (Å²) < 4.78 is 5.98. The molecule has 152 valence electrons. The lowest BCUT2D eigenvalue weighted by Crippen LogP contribution is -2.30. The van der Waals surface area contributed by atoms with Gasteiger partial charge in [0.1, 0.15) is 0 Å². The average Bonchev–Trinajstić information content (AvgIpc) is 3.14. The van der Waals surface area contributed by atoms with Crippen LogP contribution < -0.4 is 4.90 Å². The van der Waals surface area contributed by atoms with Crippen LogP contribution in [-0.4, -0.2) is 30.0 Å². The van der Waals surface area contributed by atoms with Gasteiger partial charge in [-0.1, -0.05) is 36.4 Å². The Kier molecular flexibility index (Phi) is 6.13. The zero-order chi connectivity index (χ0) is 21.1. The first-order valence-electron chi connectivity index (χ1n) is 9.86. The summed E-state index contributed by atoms with van der Waals surface area (Å²) in [4.78, 5) is 31.5. The summed E-state index contributed by atoms with van der Waals surface area (Å²) in [6.07, 6.45) is 2.26. The topological polar surface area (TPSA) is 59.5 Å². The number of carbonyl (C=O) groups excluding carboxylic acids is 2. The van der Waals surface area contributed by atoms with Crippen LogP contribution in [0.1, 0.15) is 44.8 Å². The van der Waals surface area contributed by atoms with Crippen LogP contribution in [0.4, 0.5) is 5.69 Å². The Morgan fingerprint density at radius 1 is 1.10 bits per heavy atom. The molecule has 0 bridgehead atoms. The standard InChI is InChI=1S/C24H21IN2O3/c1-2-30-24(29)17-12-20(25)21(26-14-17)13-18-15-27(22-11-7-6-10-19(18)22)23(28)16-8-4-3-5-9-16/h3-12,14,18H,2,13,15H2,1H3. The normalized spacial score (nSPS) is 15.0. The first kappa shape index (κ1) is 20.5. The Balaban J connectivity index is 1.59. The molecule has 5 nitrogen and oxygen atoms in total. The van der Waals surface area contributed by atoms with Crippen molar-refractivity contribution in [2.75, 3.05) is 18.1 Å². The molecule has 1 aliphatic rings. The summed E-state index contributed by atoms with van der Waals surface area (Å²) in [5.41, 5.74) is 4.15. The summed E-state index contributed by atoms with van der Waals surface area (Å²) in [7, 11) is 0. The number of nitrogens with zero attached hydrogens (tertiary/aromatic N) is 2. The van der Waals surface area contributed by atoms with Crippen molar-refractivity contribution in [1.29, 1.82) is 0 Å². The van der Waals surface area contributed by atoms with Crippen LogP contribution in [0, 0.1) is 3.57 Å². The molecule has 2 aromatic carbocycles. The van der Waals surface area contributed by atoms with Gasteiger partial charge in [0, 0.05) is 33.5 Å². The largest absolute Gasteiger partial charge is 0.462 e. The number of para-hydroxylation sites is 1. The van der Waals surface area contributed by atoms with E-state index in [1.165, 1.54) is 0 Å². The monoisotopic (exact) mass is 512 g/mol. The van der Waals surface area contributed by atoms with E-state index in [1.807, 2.05) is 59.5 Å². The van der Waals surface area contributed by atoms with E-state index in [-0.39, 0.29) is 17.8 Å². The Labute approximate surface area is 189 Å². The van der Waals surface area contributed by atoms with Gasteiger partial charge in [0.25, 0.3) is 5.91 Å². The number of benzene rings is 2. The van der Waals surface area contributed by atoms with Gasteiger partial charge in [0.15, 0.2) is 0 Å². The number of esters is 1. The van der Waals surface area contributed by atoms with Gasteiger partial charge in [-0.05, 0) is 65.8 Å². The first-order valence-corrected chi connectivity index (χ1v) is 10.9. The summed E-state index contributed by atoms with van der Waals surface area (Å²) >= 11 is 2.21. The Morgan fingerprint density at radius 2 is 1.83 bits per heavy atom. The molecule has 30 heavy (non-hydrogen) atoms. The van der Waals surface area contributed by atoms with E-state index < -0.39 is 0 Å². The maximum absolute atomic E-state index is 13.1. The molecule has 1 amide bonds. The number of hydrogen-bond acceptors (Lipinski definition) is 4. The predicted octanol–water partition coefficient (Wildman–Crippen LogP) is 4.85. The lowest BCUT2D eigenvalue weighted by atomic mass is 9.96. The van der Waals surface area contributed by atoms with Crippen molar-refractivity contribution in [3.63, 3.8) is 0 Å². The molecule has 0 spiro atoms. The van der Waals surface area contributed by atoms with E-state index in [2.05, 4.69) is 33.6 Å². The van der Waals surface area contributed by atoms with Crippen molar-refractivity contribution in [1.82, 2.24) is 4.98 Å². The Bertz CT molecular complexity index is 1080. The Hall–Kier alpha value is -2.74. The molecule has 1 atom stereocenters. The molecule has 2 heterocycles. The summed E-state index contributed by atoms with van der Waals surface area (Å²) in [6.45, 7) is 2.72. The third-order valence-corrected chi connectivity index (χ3v) is 6.14. The molecule has 0 aliphatic carbocycles. The summed E-state index contributed by atoms with van der Waals surface area (Å²) in [5, 5.41) is 0. The number of rotatable bonds is 5. The highest BCUT2D eigenvalue weighted by molar-refractivity contribution is 14.1. The van der Waals surface area contributed by atoms with Gasteiger partial charge in [-0.15, -0.1) is 0 Å². The number of carbonyl (C=O) groups is 2. The zero-order valence-corrected chi connectivity index (χ0v) is 18.7. The second kappa shape index (κ2) is 8.95. The maximum Gasteiger partial charge on any atom is 0.339 e. The number of halogens is 1. The molecule has 0 fully saturated rings. The fraction of sp³-hybridized carbons (Fsp3) is 0.208. The van der Waals surface area contributed by atoms with Crippen molar-refractivity contribution >= 4 is 40.2 Å². The molecule has 4 rings (SSSR count). The number of hydrogen-bond donors (Lipinski definition) is 0. The number of ether oxygens (including phenoxy) is 1. The van der Waals surface area contributed by atoms with Crippen LogP contribution in [0.5, 0.6) is 0 Å². The minimum atomic E-state index is -0.361. The number of amides is 1. The van der Waals surface area contributed by atoms with Crippen LogP contribution in [0.3, 0.4) is 0 Å².